The molecule has 0 spiro atoms. The zero-order valence-electron chi connectivity index (χ0n) is 14.7. The van der Waals surface area contributed by atoms with Crippen LogP contribution in [0.1, 0.15) is 27.2 Å². The molecular weight excluding hydrogens is 312 g/mol. The average Bonchev–Trinajstić information content (AvgIpc) is 2.61. The smallest absolute Gasteiger partial charge is 0.261 e. The summed E-state index contributed by atoms with van der Waals surface area (Å²) in [5, 5.41) is 2.66. The van der Waals surface area contributed by atoms with Crippen molar-refractivity contribution in [3.63, 3.8) is 0 Å². The lowest BCUT2D eigenvalue weighted by atomic mass is 10.2. The fraction of sp³-hybridized carbons (Fsp3) is 0.333. The van der Waals surface area contributed by atoms with E-state index in [2.05, 4.69) is 87.5 Å². The van der Waals surface area contributed by atoms with Gasteiger partial charge in [-0.15, -0.1) is 0 Å². The molecule has 2 nitrogen and oxygen atoms in total. The summed E-state index contributed by atoms with van der Waals surface area (Å²) in [5.74, 6) is 0. The van der Waals surface area contributed by atoms with E-state index in [1.807, 2.05) is 0 Å². The van der Waals surface area contributed by atoms with Crippen molar-refractivity contribution < 1.29 is 9.16 Å². The molecule has 0 unspecified atom stereocenters. The molecule has 3 rings (SSSR count). The molecule has 0 aromatic heterocycles. The zero-order valence-corrected chi connectivity index (χ0v) is 15.7. The van der Waals surface area contributed by atoms with Crippen molar-refractivity contribution in [3.8, 4) is 0 Å². The van der Waals surface area contributed by atoms with Gasteiger partial charge in [0.25, 0.3) is 8.32 Å². The van der Waals surface area contributed by atoms with Crippen LogP contribution >= 0.6 is 0 Å². The summed E-state index contributed by atoms with van der Waals surface area (Å²) in [7, 11) is -2.44. The highest BCUT2D eigenvalue weighted by Gasteiger charge is 2.51. The van der Waals surface area contributed by atoms with Crippen molar-refractivity contribution in [1.29, 1.82) is 0 Å². The molecule has 0 aliphatic carbocycles. The molecule has 3 heteroatoms. The van der Waals surface area contributed by atoms with Crippen molar-refractivity contribution in [2.45, 2.75) is 38.3 Å². The lowest BCUT2D eigenvalue weighted by molar-refractivity contribution is 0.140. The fourth-order valence-corrected chi connectivity index (χ4v) is 8.17. The second-order valence-electron chi connectivity index (χ2n) is 7.31. The van der Waals surface area contributed by atoms with Crippen molar-refractivity contribution in [3.05, 3.63) is 73.0 Å². The maximum atomic E-state index is 6.99. The van der Waals surface area contributed by atoms with E-state index in [1.54, 1.807) is 6.26 Å². The van der Waals surface area contributed by atoms with Gasteiger partial charge < -0.3 is 9.16 Å². The first kappa shape index (κ1) is 17.0. The van der Waals surface area contributed by atoms with Crippen LogP contribution in [-0.2, 0) is 9.16 Å². The highest BCUT2D eigenvalue weighted by Crippen LogP contribution is 2.38. The molecule has 2 aromatic rings. The van der Waals surface area contributed by atoms with Crippen molar-refractivity contribution >= 4 is 18.7 Å². The quantitative estimate of drug-likeness (QED) is 0.788. The van der Waals surface area contributed by atoms with E-state index in [9.17, 15) is 0 Å². The number of benzene rings is 2. The van der Waals surface area contributed by atoms with E-state index >= 15 is 0 Å². The molecule has 1 atom stereocenters. The van der Waals surface area contributed by atoms with E-state index in [0.29, 0.717) is 0 Å². The Morgan fingerprint density at radius 3 is 1.88 bits per heavy atom. The van der Waals surface area contributed by atoms with E-state index in [1.165, 1.54) is 10.4 Å². The van der Waals surface area contributed by atoms with Crippen molar-refractivity contribution in [1.82, 2.24) is 0 Å². The largest absolute Gasteiger partial charge is 0.501 e. The van der Waals surface area contributed by atoms with Crippen LogP contribution in [0.2, 0.25) is 5.04 Å². The topological polar surface area (TPSA) is 18.5 Å². The second kappa shape index (κ2) is 6.95. The lowest BCUT2D eigenvalue weighted by Crippen LogP contribution is -2.67. The molecule has 0 bridgehead atoms. The Kier molecular flexibility index (Phi) is 4.92. The summed E-state index contributed by atoms with van der Waals surface area (Å²) < 4.78 is 12.4. The minimum absolute atomic E-state index is 0.0157. The van der Waals surface area contributed by atoms with Crippen LogP contribution in [-0.4, -0.2) is 21.0 Å². The van der Waals surface area contributed by atoms with Gasteiger partial charge in [0.05, 0.1) is 19.0 Å². The fourth-order valence-electron chi connectivity index (χ4n) is 3.51. The Bertz CT molecular complexity index is 634. The number of hydrogen-bond donors (Lipinski definition) is 0. The predicted octanol–water partition coefficient (Wildman–Crippen LogP) is 3.87. The molecule has 0 amide bonds. The Hall–Kier alpha value is -1.84. The van der Waals surface area contributed by atoms with Gasteiger partial charge in [0.15, 0.2) is 0 Å². The zero-order chi connectivity index (χ0) is 17.0. The Balaban J connectivity index is 2.17. The van der Waals surface area contributed by atoms with Gasteiger partial charge in [0.1, 0.15) is 0 Å². The lowest BCUT2D eigenvalue weighted by Gasteiger charge is -2.45. The molecule has 0 saturated carbocycles. The summed E-state index contributed by atoms with van der Waals surface area (Å²) in [4.78, 5) is 0. The number of ether oxygens (including phenoxy) is 1. The van der Waals surface area contributed by atoms with E-state index in [0.717, 1.165) is 13.0 Å². The van der Waals surface area contributed by atoms with Crippen LogP contribution in [0, 0.1) is 0 Å². The third kappa shape index (κ3) is 3.19. The van der Waals surface area contributed by atoms with Crippen molar-refractivity contribution in [2.24, 2.45) is 0 Å². The number of rotatable bonds is 4. The highest BCUT2D eigenvalue weighted by molar-refractivity contribution is 6.99. The third-order valence-electron chi connectivity index (χ3n) is 4.65. The van der Waals surface area contributed by atoms with Crippen LogP contribution in [0.15, 0.2) is 73.0 Å². The minimum atomic E-state index is -2.44. The first-order chi connectivity index (χ1) is 11.5. The first-order valence-corrected chi connectivity index (χ1v) is 10.5. The molecule has 1 aliphatic rings. The van der Waals surface area contributed by atoms with Gasteiger partial charge in [0.2, 0.25) is 0 Å². The summed E-state index contributed by atoms with van der Waals surface area (Å²) in [5.41, 5.74) is 0. The molecule has 2 aromatic carbocycles. The summed E-state index contributed by atoms with van der Waals surface area (Å²) in [6.07, 6.45) is 4.85. The van der Waals surface area contributed by atoms with Crippen LogP contribution in [0.25, 0.3) is 0 Å². The van der Waals surface area contributed by atoms with Gasteiger partial charge in [-0.25, -0.2) is 0 Å². The standard InChI is InChI=1S/C21H26O2Si/c1-21(2,3)24(19-10-6-4-7-11-19,20-12-8-5-9-13-20)23-18-14-16-22-17-15-18/h4-14,16,18H,15,17H2,1-3H3/t18-/m1/s1. The minimum Gasteiger partial charge on any atom is -0.501 e. The molecule has 1 aliphatic heterocycles. The maximum absolute atomic E-state index is 6.99. The van der Waals surface area contributed by atoms with Crippen LogP contribution < -0.4 is 10.4 Å². The van der Waals surface area contributed by atoms with Crippen LogP contribution in [0.5, 0.6) is 0 Å². The van der Waals surface area contributed by atoms with Gasteiger partial charge in [-0.3, -0.25) is 0 Å². The molecule has 126 valence electrons. The van der Waals surface area contributed by atoms with Gasteiger partial charge in [0, 0.05) is 6.42 Å². The van der Waals surface area contributed by atoms with Gasteiger partial charge in [-0.2, -0.15) is 0 Å². The summed E-state index contributed by atoms with van der Waals surface area (Å²) in [6, 6.07) is 21.5. The molecule has 0 saturated heterocycles. The second-order valence-corrected chi connectivity index (χ2v) is 11.6. The Labute approximate surface area is 146 Å². The molecule has 0 N–H and O–H groups in total. The molecular formula is C21H26O2Si. The van der Waals surface area contributed by atoms with Gasteiger partial charge >= 0.3 is 0 Å². The highest BCUT2D eigenvalue weighted by atomic mass is 28.4. The van der Waals surface area contributed by atoms with Gasteiger partial charge in [-0.1, -0.05) is 81.4 Å². The van der Waals surface area contributed by atoms with E-state index < -0.39 is 8.32 Å². The summed E-state index contributed by atoms with van der Waals surface area (Å²) in [6.45, 7) is 7.64. The van der Waals surface area contributed by atoms with E-state index in [-0.39, 0.29) is 11.1 Å². The molecule has 24 heavy (non-hydrogen) atoms. The van der Waals surface area contributed by atoms with Gasteiger partial charge in [-0.05, 0) is 21.5 Å². The molecule has 0 fully saturated rings. The van der Waals surface area contributed by atoms with Crippen LogP contribution in [0.4, 0.5) is 0 Å². The summed E-state index contributed by atoms with van der Waals surface area (Å²) >= 11 is 0. The Morgan fingerprint density at radius 2 is 1.46 bits per heavy atom. The SMILES string of the molecule is CC(C)(C)[Si](O[C@@H]1C=COCC1)(c1ccccc1)c1ccccc1. The third-order valence-corrected chi connectivity index (χ3v) is 9.72. The predicted molar refractivity (Wildman–Crippen MR) is 102 cm³/mol. The average molecular weight is 339 g/mol. The molecule has 0 radical (unpaired) electrons. The molecule has 1 heterocycles. The number of hydrogen-bond acceptors (Lipinski definition) is 2. The van der Waals surface area contributed by atoms with E-state index in [4.69, 9.17) is 9.16 Å². The normalized spacial score (nSPS) is 18.2. The maximum Gasteiger partial charge on any atom is 0.261 e. The monoisotopic (exact) mass is 338 g/mol. The Morgan fingerprint density at radius 1 is 0.917 bits per heavy atom. The van der Waals surface area contributed by atoms with Crippen LogP contribution in [0.3, 0.4) is 0 Å². The first-order valence-electron chi connectivity index (χ1n) is 8.61. The van der Waals surface area contributed by atoms with Crippen molar-refractivity contribution in [2.75, 3.05) is 6.61 Å².